The summed E-state index contributed by atoms with van der Waals surface area (Å²) < 4.78 is 16.5. The number of halogens is 5. The molecule has 1 saturated heterocycles. The summed E-state index contributed by atoms with van der Waals surface area (Å²) in [6, 6.07) is 2.74. The molecule has 252 valence electrons. The average molecular weight is 734 g/mol. The Bertz CT molecular complexity index is 2010. The number of anilines is 1. The number of likely N-dealkylation sites (N-methyl/N-ethyl adjacent to an activating group) is 1. The third kappa shape index (κ3) is 5.61. The Kier molecular flexibility index (Phi) is 9.84. The maximum absolute atomic E-state index is 15.1. The molecular formula is C34H33Cl4FN6O3. The Hall–Kier alpha value is -3.75. The van der Waals surface area contributed by atoms with E-state index < -0.39 is 27.2 Å². The third-order valence-electron chi connectivity index (χ3n) is 8.88. The Labute approximate surface area is 297 Å². The van der Waals surface area contributed by atoms with Gasteiger partial charge < -0.3 is 19.8 Å². The molecule has 0 saturated carbocycles. The van der Waals surface area contributed by atoms with Crippen molar-refractivity contribution in [3.8, 4) is 23.1 Å². The lowest BCUT2D eigenvalue weighted by Gasteiger charge is -2.45. The molecule has 0 aliphatic carbocycles. The largest absolute Gasteiger partial charge is 0.505 e. The third-order valence-corrected chi connectivity index (χ3v) is 10.2. The highest BCUT2D eigenvalue weighted by atomic mass is 35.5. The van der Waals surface area contributed by atoms with Crippen LogP contribution in [0.15, 0.2) is 41.4 Å². The number of aromatic nitrogens is 2. The van der Waals surface area contributed by atoms with Gasteiger partial charge >= 0.3 is 0 Å². The standard InChI is InChI=1S/C34H33Cl4FN6O3/c1-8-22(46)44-17(5)13-43(14-18(44)6)31-19-11-21(35)28(23-24(36)27(39)26(38)32(47)25(23)37)41-33(19)45(34(48)20(31)12-40)30-16(4)9-10-42(7)29(30)15(2)3/h8-11,15,17-18,29,47H,1,13-14H2,2-7H3/t17-,18+,29-/m1/s1. The summed E-state index contributed by atoms with van der Waals surface area (Å²) >= 11 is 25.7. The fourth-order valence-corrected chi connectivity index (χ4v) is 8.04. The molecule has 1 N–H and O–H groups in total. The second-order valence-corrected chi connectivity index (χ2v) is 14.0. The predicted octanol–water partition coefficient (Wildman–Crippen LogP) is 7.72. The van der Waals surface area contributed by atoms with Gasteiger partial charge in [-0.3, -0.25) is 14.2 Å². The van der Waals surface area contributed by atoms with Gasteiger partial charge in [-0.05, 0) is 56.7 Å². The van der Waals surface area contributed by atoms with E-state index in [0.717, 1.165) is 5.57 Å². The zero-order valence-corrected chi connectivity index (χ0v) is 30.1. The van der Waals surface area contributed by atoms with Crippen LogP contribution in [0.5, 0.6) is 5.75 Å². The van der Waals surface area contributed by atoms with Gasteiger partial charge in [0.2, 0.25) is 5.91 Å². The van der Waals surface area contributed by atoms with Gasteiger partial charge in [-0.15, -0.1) is 0 Å². The highest BCUT2D eigenvalue weighted by Gasteiger charge is 2.37. The molecule has 1 fully saturated rings. The number of benzene rings is 1. The molecule has 1 amide bonds. The van der Waals surface area contributed by atoms with Crippen LogP contribution in [0, 0.1) is 23.1 Å². The maximum Gasteiger partial charge on any atom is 0.276 e. The number of hydrogen-bond acceptors (Lipinski definition) is 7. The number of phenolic OH excluding ortho intramolecular Hbond substituents is 1. The minimum absolute atomic E-state index is 0.00667. The molecule has 5 rings (SSSR count). The minimum atomic E-state index is -1.13. The van der Waals surface area contributed by atoms with E-state index in [4.69, 9.17) is 51.4 Å². The number of hydrogen-bond donors (Lipinski definition) is 1. The van der Waals surface area contributed by atoms with Crippen molar-refractivity contribution in [2.24, 2.45) is 5.92 Å². The quantitative estimate of drug-likeness (QED) is 0.163. The molecule has 0 bridgehead atoms. The summed E-state index contributed by atoms with van der Waals surface area (Å²) in [6.45, 7) is 13.8. The van der Waals surface area contributed by atoms with E-state index in [1.54, 1.807) is 4.90 Å². The number of rotatable bonds is 5. The maximum atomic E-state index is 15.1. The number of aromatic hydroxyl groups is 1. The van der Waals surface area contributed by atoms with Crippen LogP contribution >= 0.6 is 46.4 Å². The molecule has 9 nitrogen and oxygen atoms in total. The highest BCUT2D eigenvalue weighted by Crippen LogP contribution is 2.48. The average Bonchev–Trinajstić information content (AvgIpc) is 3.03. The van der Waals surface area contributed by atoms with Crippen LogP contribution in [0.2, 0.25) is 20.1 Å². The first-order valence-corrected chi connectivity index (χ1v) is 16.6. The molecule has 3 aromatic rings. The lowest BCUT2D eigenvalue weighted by molar-refractivity contribution is -0.130. The van der Waals surface area contributed by atoms with E-state index >= 15 is 4.39 Å². The molecule has 14 heteroatoms. The van der Waals surface area contributed by atoms with Crippen molar-refractivity contribution in [1.29, 1.82) is 5.26 Å². The van der Waals surface area contributed by atoms with Gasteiger partial charge in [0, 0.05) is 43.2 Å². The summed E-state index contributed by atoms with van der Waals surface area (Å²) in [6.07, 6.45) is 5.04. The monoisotopic (exact) mass is 732 g/mol. The van der Waals surface area contributed by atoms with Crippen LogP contribution in [0.3, 0.4) is 0 Å². The topological polar surface area (TPSA) is 106 Å². The van der Waals surface area contributed by atoms with E-state index in [-0.39, 0.29) is 75.6 Å². The number of carbonyl (C=O) groups is 1. The molecule has 4 heterocycles. The fourth-order valence-electron chi connectivity index (χ4n) is 6.90. The Morgan fingerprint density at radius 3 is 2.35 bits per heavy atom. The van der Waals surface area contributed by atoms with E-state index in [1.807, 2.05) is 63.7 Å². The second kappa shape index (κ2) is 13.3. The molecule has 1 aromatic carbocycles. The molecular weight excluding hydrogens is 701 g/mol. The van der Waals surface area contributed by atoms with Crippen LogP contribution in [0.4, 0.5) is 10.1 Å². The van der Waals surface area contributed by atoms with E-state index in [0.29, 0.717) is 16.8 Å². The number of allylic oxidation sites excluding steroid dienone is 2. The normalized spacial score (nSPS) is 19.8. The molecule has 2 aliphatic rings. The van der Waals surface area contributed by atoms with Crippen LogP contribution in [-0.2, 0) is 4.79 Å². The van der Waals surface area contributed by atoms with E-state index in [9.17, 15) is 20.0 Å². The number of pyridine rings is 2. The smallest absolute Gasteiger partial charge is 0.276 e. The first-order valence-electron chi connectivity index (χ1n) is 15.1. The Balaban J connectivity index is 1.94. The van der Waals surface area contributed by atoms with Gasteiger partial charge in [-0.2, -0.15) is 5.26 Å². The number of carbonyl (C=O) groups excluding carboxylic acids is 1. The number of piperazine rings is 1. The highest BCUT2D eigenvalue weighted by molar-refractivity contribution is 6.44. The summed E-state index contributed by atoms with van der Waals surface area (Å²) in [7, 11) is 1.89. The molecule has 2 aliphatic heterocycles. The second-order valence-electron chi connectivity index (χ2n) is 12.4. The number of phenols is 1. The van der Waals surface area contributed by atoms with Crippen molar-refractivity contribution in [1.82, 2.24) is 19.4 Å². The van der Waals surface area contributed by atoms with E-state index in [1.165, 1.54) is 16.7 Å². The summed E-state index contributed by atoms with van der Waals surface area (Å²) in [5, 5.41) is 19.9. The molecule has 0 radical (unpaired) electrons. The zero-order chi connectivity index (χ0) is 35.5. The van der Waals surface area contributed by atoms with Crippen LogP contribution in [0.1, 0.15) is 40.2 Å². The number of nitrogens with zero attached hydrogens (tertiary/aromatic N) is 6. The number of nitriles is 1. The van der Waals surface area contributed by atoms with Gasteiger partial charge in [-0.1, -0.05) is 66.8 Å². The first-order chi connectivity index (χ1) is 22.6. The lowest BCUT2D eigenvalue weighted by atomic mass is 9.93. The van der Waals surface area contributed by atoms with Crippen molar-refractivity contribution < 1.29 is 14.3 Å². The number of fused-ring (bicyclic) bond motifs is 1. The van der Waals surface area contributed by atoms with Crippen LogP contribution in [0.25, 0.3) is 28.0 Å². The summed E-state index contributed by atoms with van der Waals surface area (Å²) in [5.41, 5.74) is 0.633. The Morgan fingerprint density at radius 2 is 1.79 bits per heavy atom. The van der Waals surface area contributed by atoms with Gasteiger partial charge in [-0.25, -0.2) is 9.37 Å². The SMILES string of the molecule is C=CC(=O)N1[C@H](C)CN(c2c(C#N)c(=O)n(C3=C(C)C=CN(C)[C@@H]3C(C)C)c3nc(-c4c(Cl)c(O)c(Cl)c(F)c4Cl)c(Cl)cc23)C[C@@H]1C. The van der Waals surface area contributed by atoms with Crippen LogP contribution in [-0.4, -0.2) is 68.6 Å². The molecule has 3 atom stereocenters. The molecule has 2 aromatic heterocycles. The lowest BCUT2D eigenvalue weighted by Crippen LogP contribution is -2.58. The van der Waals surface area contributed by atoms with Crippen molar-refractivity contribution in [2.75, 3.05) is 25.0 Å². The molecule has 0 unspecified atom stereocenters. The molecule has 48 heavy (non-hydrogen) atoms. The van der Waals surface area contributed by atoms with Crippen molar-refractivity contribution in [2.45, 2.75) is 52.7 Å². The van der Waals surface area contributed by atoms with Gasteiger partial charge in [0.05, 0.1) is 38.2 Å². The van der Waals surface area contributed by atoms with Crippen molar-refractivity contribution in [3.05, 3.63) is 78.4 Å². The van der Waals surface area contributed by atoms with Crippen molar-refractivity contribution in [3.63, 3.8) is 0 Å². The van der Waals surface area contributed by atoms with Crippen molar-refractivity contribution >= 4 is 74.7 Å². The van der Waals surface area contributed by atoms with Gasteiger partial charge in [0.25, 0.3) is 5.56 Å². The number of amides is 1. The zero-order valence-electron chi connectivity index (χ0n) is 27.1. The minimum Gasteiger partial charge on any atom is -0.505 e. The van der Waals surface area contributed by atoms with Crippen LogP contribution < -0.4 is 10.5 Å². The van der Waals surface area contributed by atoms with E-state index in [2.05, 4.69) is 12.6 Å². The summed E-state index contributed by atoms with van der Waals surface area (Å²) in [5.74, 6) is -2.10. The Morgan fingerprint density at radius 1 is 1.17 bits per heavy atom. The van der Waals surface area contributed by atoms with Gasteiger partial charge in [0.15, 0.2) is 11.6 Å². The fraction of sp³-hybridized carbons (Fsp3) is 0.353. The first kappa shape index (κ1) is 35.6. The summed E-state index contributed by atoms with van der Waals surface area (Å²) in [4.78, 5) is 37.8. The molecule has 0 spiro atoms. The van der Waals surface area contributed by atoms with Gasteiger partial charge in [0.1, 0.15) is 22.3 Å². The predicted molar refractivity (Wildman–Crippen MR) is 190 cm³/mol.